The predicted octanol–water partition coefficient (Wildman–Crippen LogP) is 3.11. The number of carbonyl (C=O) groups is 1. The van der Waals surface area contributed by atoms with Gasteiger partial charge in [0.05, 0.1) is 0 Å². The molecule has 1 amide bonds. The van der Waals surface area contributed by atoms with Crippen molar-refractivity contribution in [2.45, 2.75) is 33.1 Å². The van der Waals surface area contributed by atoms with Crippen molar-refractivity contribution in [3.05, 3.63) is 47.2 Å². The van der Waals surface area contributed by atoms with Crippen LogP contribution in [0.2, 0.25) is 0 Å². The molecule has 0 aliphatic carbocycles. The Kier molecular flexibility index (Phi) is 5.59. The molecule has 6 heteroatoms. The molecule has 0 unspecified atom stereocenters. The molecule has 1 saturated heterocycles. The molecule has 1 aliphatic heterocycles. The molecule has 2 aromatic rings. The van der Waals surface area contributed by atoms with Crippen LogP contribution in [0.5, 0.6) is 0 Å². The topological polar surface area (TPSA) is 52.6 Å². The molecular formula is C22H31N5O. The zero-order valence-electron chi connectivity index (χ0n) is 17.9. The highest BCUT2D eigenvalue weighted by molar-refractivity contribution is 5.94. The molecule has 1 aliphatic rings. The Morgan fingerprint density at radius 3 is 2.14 bits per heavy atom. The van der Waals surface area contributed by atoms with Crippen LogP contribution in [0.15, 0.2) is 30.3 Å². The number of piperazine rings is 1. The van der Waals surface area contributed by atoms with E-state index in [1.54, 1.807) is 0 Å². The van der Waals surface area contributed by atoms with E-state index in [0.717, 1.165) is 36.1 Å². The maximum Gasteiger partial charge on any atom is 0.253 e. The number of aryl methyl sites for hydroxylation is 1. The molecule has 0 spiro atoms. The van der Waals surface area contributed by atoms with Crippen molar-refractivity contribution >= 4 is 17.7 Å². The van der Waals surface area contributed by atoms with Gasteiger partial charge in [0, 0.05) is 57.6 Å². The quantitative estimate of drug-likeness (QED) is 0.818. The standard InChI is InChI=1S/C22H31N5O/c1-16-15-19(25(5)6)24-21(23-16)27-13-11-26(12-14-27)20(28)17-7-9-18(10-8-17)22(2,3)4/h7-10,15H,11-14H2,1-6H3. The number of carbonyl (C=O) groups excluding carboxylic acids is 1. The largest absolute Gasteiger partial charge is 0.363 e. The summed E-state index contributed by atoms with van der Waals surface area (Å²) in [5.41, 5.74) is 3.03. The third-order valence-electron chi connectivity index (χ3n) is 5.13. The molecule has 0 N–H and O–H groups in total. The van der Waals surface area contributed by atoms with Gasteiger partial charge in [-0.15, -0.1) is 0 Å². The average molecular weight is 382 g/mol. The van der Waals surface area contributed by atoms with Crippen molar-refractivity contribution in [2.24, 2.45) is 0 Å². The number of hydrogen-bond acceptors (Lipinski definition) is 5. The molecule has 150 valence electrons. The van der Waals surface area contributed by atoms with Crippen molar-refractivity contribution in [1.29, 1.82) is 0 Å². The Labute approximate surface area is 168 Å². The third-order valence-corrected chi connectivity index (χ3v) is 5.13. The lowest BCUT2D eigenvalue weighted by atomic mass is 9.86. The Hall–Kier alpha value is -2.63. The third kappa shape index (κ3) is 4.43. The second-order valence-corrected chi connectivity index (χ2v) is 8.67. The van der Waals surface area contributed by atoms with Crippen LogP contribution in [0.4, 0.5) is 11.8 Å². The summed E-state index contributed by atoms with van der Waals surface area (Å²) in [5.74, 6) is 1.74. The van der Waals surface area contributed by atoms with Crippen molar-refractivity contribution in [2.75, 3.05) is 50.1 Å². The normalized spacial score (nSPS) is 14.9. The van der Waals surface area contributed by atoms with Gasteiger partial charge >= 0.3 is 0 Å². The highest BCUT2D eigenvalue weighted by atomic mass is 16.2. The lowest BCUT2D eigenvalue weighted by molar-refractivity contribution is 0.0746. The number of anilines is 2. The van der Waals surface area contributed by atoms with E-state index in [-0.39, 0.29) is 11.3 Å². The minimum atomic E-state index is 0.0897. The highest BCUT2D eigenvalue weighted by Crippen LogP contribution is 2.23. The Balaban J connectivity index is 1.66. The van der Waals surface area contributed by atoms with Crippen LogP contribution in [0, 0.1) is 6.92 Å². The Morgan fingerprint density at radius 1 is 1.00 bits per heavy atom. The van der Waals surface area contributed by atoms with Gasteiger partial charge in [0.15, 0.2) is 0 Å². The number of benzene rings is 1. The summed E-state index contributed by atoms with van der Waals surface area (Å²) in [5, 5.41) is 0. The molecule has 0 atom stereocenters. The van der Waals surface area contributed by atoms with E-state index in [1.165, 1.54) is 5.56 Å². The zero-order valence-corrected chi connectivity index (χ0v) is 17.9. The Bertz CT molecular complexity index is 831. The van der Waals surface area contributed by atoms with E-state index in [4.69, 9.17) is 0 Å². The number of rotatable bonds is 3. The van der Waals surface area contributed by atoms with E-state index >= 15 is 0 Å². The van der Waals surface area contributed by atoms with Gasteiger partial charge in [-0.2, -0.15) is 4.98 Å². The molecule has 28 heavy (non-hydrogen) atoms. The molecule has 1 aromatic heterocycles. The minimum absolute atomic E-state index is 0.0897. The summed E-state index contributed by atoms with van der Waals surface area (Å²) in [7, 11) is 3.96. The SMILES string of the molecule is Cc1cc(N(C)C)nc(N2CCN(C(=O)c3ccc(C(C)(C)C)cc3)CC2)n1. The van der Waals surface area contributed by atoms with Gasteiger partial charge in [-0.1, -0.05) is 32.9 Å². The smallest absolute Gasteiger partial charge is 0.253 e. The van der Waals surface area contributed by atoms with E-state index in [1.807, 2.05) is 49.0 Å². The number of aromatic nitrogens is 2. The number of amides is 1. The maximum absolute atomic E-state index is 12.9. The zero-order chi connectivity index (χ0) is 20.5. The molecule has 0 radical (unpaired) electrons. The van der Waals surface area contributed by atoms with Gasteiger partial charge < -0.3 is 14.7 Å². The van der Waals surface area contributed by atoms with Crippen LogP contribution in [0.1, 0.15) is 42.4 Å². The molecule has 1 aromatic carbocycles. The first-order valence-electron chi connectivity index (χ1n) is 9.83. The second kappa shape index (κ2) is 7.78. The molecular weight excluding hydrogens is 350 g/mol. The van der Waals surface area contributed by atoms with Crippen LogP contribution in [-0.4, -0.2) is 61.0 Å². The summed E-state index contributed by atoms with van der Waals surface area (Å²) in [4.78, 5) is 28.2. The Morgan fingerprint density at radius 2 is 1.61 bits per heavy atom. The van der Waals surface area contributed by atoms with Gasteiger partial charge in [0.1, 0.15) is 5.82 Å². The van der Waals surface area contributed by atoms with Gasteiger partial charge in [-0.05, 0) is 30.0 Å². The summed E-state index contributed by atoms with van der Waals surface area (Å²) in [6.07, 6.45) is 0. The maximum atomic E-state index is 12.9. The fourth-order valence-corrected chi connectivity index (χ4v) is 3.31. The van der Waals surface area contributed by atoms with E-state index in [9.17, 15) is 4.79 Å². The first kappa shape index (κ1) is 20.1. The fourth-order valence-electron chi connectivity index (χ4n) is 3.31. The fraction of sp³-hybridized carbons (Fsp3) is 0.500. The van der Waals surface area contributed by atoms with Crippen molar-refractivity contribution in [1.82, 2.24) is 14.9 Å². The molecule has 3 rings (SSSR count). The second-order valence-electron chi connectivity index (χ2n) is 8.67. The van der Waals surface area contributed by atoms with Gasteiger partial charge in [0.2, 0.25) is 5.95 Å². The predicted molar refractivity (Wildman–Crippen MR) is 114 cm³/mol. The molecule has 1 fully saturated rings. The lowest BCUT2D eigenvalue weighted by Gasteiger charge is -2.35. The van der Waals surface area contributed by atoms with E-state index in [0.29, 0.717) is 13.1 Å². The van der Waals surface area contributed by atoms with E-state index < -0.39 is 0 Å². The van der Waals surface area contributed by atoms with Crippen LogP contribution < -0.4 is 9.80 Å². The molecule has 0 bridgehead atoms. The summed E-state index contributed by atoms with van der Waals surface area (Å²) < 4.78 is 0. The summed E-state index contributed by atoms with van der Waals surface area (Å²) in [6, 6.07) is 9.99. The van der Waals surface area contributed by atoms with Crippen molar-refractivity contribution in [3.8, 4) is 0 Å². The first-order valence-corrected chi connectivity index (χ1v) is 9.83. The monoisotopic (exact) mass is 381 g/mol. The van der Waals surface area contributed by atoms with Gasteiger partial charge in [-0.25, -0.2) is 4.98 Å². The minimum Gasteiger partial charge on any atom is -0.363 e. The molecule has 0 saturated carbocycles. The molecule has 2 heterocycles. The van der Waals surface area contributed by atoms with Crippen LogP contribution in [0.25, 0.3) is 0 Å². The van der Waals surface area contributed by atoms with Crippen LogP contribution in [0.3, 0.4) is 0 Å². The lowest BCUT2D eigenvalue weighted by Crippen LogP contribution is -2.49. The van der Waals surface area contributed by atoms with Crippen molar-refractivity contribution in [3.63, 3.8) is 0 Å². The number of hydrogen-bond donors (Lipinski definition) is 0. The first-order chi connectivity index (χ1) is 13.1. The number of nitrogens with zero attached hydrogens (tertiary/aromatic N) is 5. The average Bonchev–Trinajstić information content (AvgIpc) is 2.66. The van der Waals surface area contributed by atoms with E-state index in [2.05, 4.69) is 47.8 Å². The summed E-state index contributed by atoms with van der Waals surface area (Å²) in [6.45, 7) is 11.3. The van der Waals surface area contributed by atoms with Crippen molar-refractivity contribution < 1.29 is 4.79 Å². The molecule has 6 nitrogen and oxygen atoms in total. The summed E-state index contributed by atoms with van der Waals surface area (Å²) >= 11 is 0. The van der Waals surface area contributed by atoms with Gasteiger partial charge in [0.25, 0.3) is 5.91 Å². The van der Waals surface area contributed by atoms with Crippen LogP contribution >= 0.6 is 0 Å². The van der Waals surface area contributed by atoms with Crippen LogP contribution in [-0.2, 0) is 5.41 Å². The van der Waals surface area contributed by atoms with Gasteiger partial charge in [-0.3, -0.25) is 4.79 Å². The highest BCUT2D eigenvalue weighted by Gasteiger charge is 2.24.